The van der Waals surface area contributed by atoms with Crippen molar-refractivity contribution < 1.29 is 9.47 Å². The molecule has 31 heavy (non-hydrogen) atoms. The Morgan fingerprint density at radius 1 is 1.13 bits per heavy atom. The van der Waals surface area contributed by atoms with Gasteiger partial charge in [-0.25, -0.2) is 4.98 Å². The van der Waals surface area contributed by atoms with Crippen LogP contribution in [0.1, 0.15) is 5.82 Å². The molecule has 9 heteroatoms. The molecule has 1 saturated heterocycles. The predicted octanol–water partition coefficient (Wildman–Crippen LogP) is 4.92. The summed E-state index contributed by atoms with van der Waals surface area (Å²) in [6.07, 6.45) is 1.80. The Labute approximate surface area is 186 Å². The first-order chi connectivity index (χ1) is 15.3. The highest BCUT2D eigenvalue weighted by molar-refractivity contribution is 7.18. The Bertz CT molecular complexity index is 1340. The number of hydrogen-bond donors (Lipinski definition) is 1. The van der Waals surface area contributed by atoms with Gasteiger partial charge in [0.2, 0.25) is 5.88 Å². The second kappa shape index (κ2) is 8.01. The lowest BCUT2D eigenvalue weighted by molar-refractivity contribution is 0.0330. The van der Waals surface area contributed by atoms with Crippen LogP contribution in [0, 0.1) is 0 Å². The van der Waals surface area contributed by atoms with Gasteiger partial charge in [-0.2, -0.15) is 10.1 Å². The number of rotatable bonds is 5. The van der Waals surface area contributed by atoms with Crippen LogP contribution in [0.2, 0.25) is 0 Å². The number of ether oxygens (including phenoxy) is 2. The number of aromatic nitrogens is 4. The minimum Gasteiger partial charge on any atom is -0.438 e. The molecular formula is C22H19N5O2S2. The van der Waals surface area contributed by atoms with Crippen molar-refractivity contribution >= 4 is 43.8 Å². The first-order valence-electron chi connectivity index (χ1n) is 10.1. The van der Waals surface area contributed by atoms with E-state index >= 15 is 0 Å². The molecule has 0 bridgehead atoms. The Kier molecular flexibility index (Phi) is 4.88. The number of thiophene rings is 2. The lowest BCUT2D eigenvalue weighted by Crippen LogP contribution is -2.36. The Morgan fingerprint density at radius 3 is 2.94 bits per heavy atom. The zero-order chi connectivity index (χ0) is 20.6. The zero-order valence-electron chi connectivity index (χ0n) is 16.6. The van der Waals surface area contributed by atoms with Crippen molar-refractivity contribution in [2.45, 2.75) is 6.54 Å². The zero-order valence-corrected chi connectivity index (χ0v) is 18.2. The van der Waals surface area contributed by atoms with Crippen LogP contribution in [0.4, 0.5) is 0 Å². The van der Waals surface area contributed by atoms with Crippen LogP contribution in [0.15, 0.2) is 47.3 Å². The summed E-state index contributed by atoms with van der Waals surface area (Å²) < 4.78 is 11.8. The first-order valence-corrected chi connectivity index (χ1v) is 11.8. The van der Waals surface area contributed by atoms with E-state index in [1.165, 1.54) is 4.88 Å². The average molecular weight is 450 g/mol. The molecule has 0 amide bonds. The van der Waals surface area contributed by atoms with Crippen molar-refractivity contribution in [3.8, 4) is 22.1 Å². The van der Waals surface area contributed by atoms with Gasteiger partial charge in [-0.15, -0.1) is 22.7 Å². The normalized spacial score (nSPS) is 15.1. The smallest absolute Gasteiger partial charge is 0.232 e. The van der Waals surface area contributed by atoms with Gasteiger partial charge < -0.3 is 9.47 Å². The monoisotopic (exact) mass is 449 g/mol. The molecule has 7 nitrogen and oxygen atoms in total. The van der Waals surface area contributed by atoms with E-state index in [9.17, 15) is 0 Å². The SMILES string of the molecule is c1csc(-c2csc3nc(CN4CCOCC4)nc(Oc4ccc5cn[nH]c5c4)c23)c1. The van der Waals surface area contributed by atoms with Gasteiger partial charge in [-0.1, -0.05) is 6.07 Å². The molecule has 1 fully saturated rings. The molecule has 0 saturated carbocycles. The van der Waals surface area contributed by atoms with Crippen molar-refractivity contribution in [1.82, 2.24) is 25.1 Å². The highest BCUT2D eigenvalue weighted by Gasteiger charge is 2.20. The van der Waals surface area contributed by atoms with Crippen molar-refractivity contribution in [3.63, 3.8) is 0 Å². The first kappa shape index (κ1) is 18.9. The topological polar surface area (TPSA) is 76.2 Å². The lowest BCUT2D eigenvalue weighted by atomic mass is 10.2. The maximum Gasteiger partial charge on any atom is 0.232 e. The minimum atomic E-state index is 0.594. The van der Waals surface area contributed by atoms with Gasteiger partial charge in [0.25, 0.3) is 0 Å². The van der Waals surface area contributed by atoms with Gasteiger partial charge in [-0.05, 0) is 23.6 Å². The van der Waals surface area contributed by atoms with Crippen LogP contribution in [-0.4, -0.2) is 51.4 Å². The number of nitrogens with zero attached hydrogens (tertiary/aromatic N) is 4. The summed E-state index contributed by atoms with van der Waals surface area (Å²) in [5, 5.41) is 13.3. The molecular weight excluding hydrogens is 430 g/mol. The van der Waals surface area contributed by atoms with Crippen molar-refractivity contribution in [3.05, 3.63) is 53.1 Å². The number of morpholine rings is 1. The molecule has 1 aliphatic heterocycles. The van der Waals surface area contributed by atoms with Crippen LogP contribution in [-0.2, 0) is 11.3 Å². The highest BCUT2D eigenvalue weighted by Crippen LogP contribution is 2.41. The summed E-state index contributed by atoms with van der Waals surface area (Å²) >= 11 is 3.34. The average Bonchev–Trinajstić information content (AvgIpc) is 3.54. The Morgan fingerprint density at radius 2 is 2.06 bits per heavy atom. The van der Waals surface area contributed by atoms with Crippen molar-refractivity contribution in [1.29, 1.82) is 0 Å². The quantitative estimate of drug-likeness (QED) is 0.410. The molecule has 156 valence electrons. The summed E-state index contributed by atoms with van der Waals surface area (Å²) in [7, 11) is 0. The second-order valence-electron chi connectivity index (χ2n) is 7.36. The number of hydrogen-bond acceptors (Lipinski definition) is 8. The summed E-state index contributed by atoms with van der Waals surface area (Å²) in [6, 6.07) is 10.1. The van der Waals surface area contributed by atoms with Gasteiger partial charge in [0.15, 0.2) is 0 Å². The van der Waals surface area contributed by atoms with Gasteiger partial charge in [-0.3, -0.25) is 10.00 Å². The number of aromatic amines is 1. The number of benzene rings is 1. The van der Waals surface area contributed by atoms with Crippen LogP contribution in [0.5, 0.6) is 11.6 Å². The molecule has 5 aromatic rings. The van der Waals surface area contributed by atoms with Gasteiger partial charge in [0.1, 0.15) is 16.4 Å². The Hall–Kier alpha value is -2.85. The van der Waals surface area contributed by atoms with E-state index in [2.05, 4.69) is 38.0 Å². The maximum absolute atomic E-state index is 6.37. The molecule has 5 heterocycles. The summed E-state index contributed by atoms with van der Waals surface area (Å²) in [4.78, 5) is 14.2. The standard InChI is InChI=1S/C22H19N5O2S2/c1-2-18(30-9-1)16-13-31-22-20(16)21(24-19(25-22)12-27-5-7-28-8-6-27)29-15-4-3-14-11-23-26-17(14)10-15/h1-4,9-11,13H,5-8,12H2,(H,23,26). The fourth-order valence-electron chi connectivity index (χ4n) is 3.76. The summed E-state index contributed by atoms with van der Waals surface area (Å²) in [5.74, 6) is 2.08. The third kappa shape index (κ3) is 3.70. The number of fused-ring (bicyclic) bond motifs is 2. The molecule has 1 aliphatic rings. The molecule has 0 atom stereocenters. The van der Waals surface area contributed by atoms with Crippen LogP contribution >= 0.6 is 22.7 Å². The molecule has 6 rings (SSSR count). The number of H-pyrrole nitrogens is 1. The molecule has 0 radical (unpaired) electrons. The molecule has 1 N–H and O–H groups in total. The predicted molar refractivity (Wildman–Crippen MR) is 123 cm³/mol. The van der Waals surface area contributed by atoms with Crippen molar-refractivity contribution in [2.75, 3.05) is 26.3 Å². The van der Waals surface area contributed by atoms with E-state index in [1.54, 1.807) is 28.9 Å². The van der Waals surface area contributed by atoms with E-state index in [0.29, 0.717) is 12.4 Å². The van der Waals surface area contributed by atoms with E-state index in [0.717, 1.165) is 64.6 Å². The van der Waals surface area contributed by atoms with Gasteiger partial charge in [0.05, 0.1) is 36.9 Å². The molecule has 0 aliphatic carbocycles. The van der Waals surface area contributed by atoms with Crippen LogP contribution in [0.25, 0.3) is 31.6 Å². The largest absolute Gasteiger partial charge is 0.438 e. The third-order valence-electron chi connectivity index (χ3n) is 5.33. The second-order valence-corrected chi connectivity index (χ2v) is 9.17. The summed E-state index contributed by atoms with van der Waals surface area (Å²) in [6.45, 7) is 3.95. The van der Waals surface area contributed by atoms with E-state index in [1.807, 2.05) is 18.2 Å². The van der Waals surface area contributed by atoms with Crippen LogP contribution < -0.4 is 4.74 Å². The Balaban J connectivity index is 1.44. The lowest BCUT2D eigenvalue weighted by Gasteiger charge is -2.25. The third-order valence-corrected chi connectivity index (χ3v) is 7.11. The minimum absolute atomic E-state index is 0.594. The van der Waals surface area contributed by atoms with E-state index < -0.39 is 0 Å². The molecule has 0 unspecified atom stereocenters. The molecule has 1 aromatic carbocycles. The van der Waals surface area contributed by atoms with Crippen LogP contribution in [0.3, 0.4) is 0 Å². The fourth-order valence-corrected chi connectivity index (χ4v) is 5.53. The highest BCUT2D eigenvalue weighted by atomic mass is 32.1. The molecule has 4 aromatic heterocycles. The van der Waals surface area contributed by atoms with Crippen molar-refractivity contribution in [2.24, 2.45) is 0 Å². The maximum atomic E-state index is 6.37. The van der Waals surface area contributed by atoms with E-state index in [4.69, 9.17) is 19.4 Å². The van der Waals surface area contributed by atoms with Gasteiger partial charge in [0, 0.05) is 40.4 Å². The molecule has 0 spiro atoms. The summed E-state index contributed by atoms with van der Waals surface area (Å²) in [5.41, 5.74) is 2.05. The number of nitrogens with one attached hydrogen (secondary N) is 1. The van der Waals surface area contributed by atoms with E-state index in [-0.39, 0.29) is 0 Å². The van der Waals surface area contributed by atoms with Gasteiger partial charge >= 0.3 is 0 Å². The fraction of sp³-hybridized carbons (Fsp3) is 0.227.